The van der Waals surface area contributed by atoms with Gasteiger partial charge in [0.15, 0.2) is 0 Å². The summed E-state index contributed by atoms with van der Waals surface area (Å²) in [5.41, 5.74) is 0. The fourth-order valence-electron chi connectivity index (χ4n) is 1.59. The van der Waals surface area contributed by atoms with Crippen LogP contribution in [0.15, 0.2) is 0 Å². The van der Waals surface area contributed by atoms with Crippen molar-refractivity contribution < 1.29 is 58.0 Å². The Morgan fingerprint density at radius 3 is 1.69 bits per heavy atom. The second-order valence-corrected chi connectivity index (χ2v) is 3.97. The average Bonchev–Trinajstić information content (AvgIpc) is 2.15. The van der Waals surface area contributed by atoms with Crippen LogP contribution in [0.3, 0.4) is 0 Å². The molecule has 0 atom stereocenters. The molecule has 0 aromatic rings. The van der Waals surface area contributed by atoms with Gasteiger partial charge in [-0.1, -0.05) is 58.3 Å². The van der Waals surface area contributed by atoms with Crippen LogP contribution in [0.4, 0.5) is 0 Å². The van der Waals surface area contributed by atoms with Crippen LogP contribution in [0, 0.1) is 0 Å². The second kappa shape index (κ2) is 18.4. The van der Waals surface area contributed by atoms with Gasteiger partial charge in [-0.2, -0.15) is 0 Å². The molecule has 1 radical (unpaired) electrons. The van der Waals surface area contributed by atoms with Crippen molar-refractivity contribution in [3.05, 3.63) is 0 Å². The Morgan fingerprint density at radius 2 is 1.31 bits per heavy atom. The third-order valence-electron chi connectivity index (χ3n) is 2.49. The van der Waals surface area contributed by atoms with E-state index >= 15 is 0 Å². The van der Waals surface area contributed by atoms with Crippen molar-refractivity contribution in [3.63, 3.8) is 0 Å². The predicted molar refractivity (Wildman–Crippen MR) is 60.6 cm³/mol. The number of unbranched alkanes of at least 4 members (excludes halogenated alkanes) is 8. The van der Waals surface area contributed by atoms with E-state index in [1.807, 2.05) is 0 Å². The summed E-state index contributed by atoms with van der Waals surface area (Å²) in [6, 6.07) is 0. The van der Waals surface area contributed by atoms with Gasteiger partial charge in [0.1, 0.15) is 0 Å². The van der Waals surface area contributed by atoms with E-state index in [1.165, 1.54) is 44.9 Å². The van der Waals surface area contributed by atoms with Gasteiger partial charge in [0.2, 0.25) is 0 Å². The van der Waals surface area contributed by atoms with Crippen molar-refractivity contribution in [1.82, 2.24) is 0 Å². The number of carboxylic acids is 1. The molecule has 0 unspecified atom stereocenters. The van der Waals surface area contributed by atoms with Gasteiger partial charge in [-0.15, -0.1) is 0 Å². The minimum Gasteiger partial charge on any atom is -1.00 e. The standard InChI is InChI=1S/C12H24O2.Cu.Na.H/c1-2-3-4-5-6-7-8-9-10-11-12(13)14;;;/h2-11H2,1H3,(H,13,14);;;/q;;+1;-1. The van der Waals surface area contributed by atoms with Crippen molar-refractivity contribution in [2.45, 2.75) is 71.1 Å². The molecule has 0 bridgehead atoms. The van der Waals surface area contributed by atoms with Crippen molar-refractivity contribution in [3.8, 4) is 0 Å². The third-order valence-corrected chi connectivity index (χ3v) is 2.49. The van der Waals surface area contributed by atoms with Gasteiger partial charge in [0.05, 0.1) is 0 Å². The Bertz CT molecular complexity index is 148. The maximum Gasteiger partial charge on any atom is 1.00 e. The zero-order chi connectivity index (χ0) is 10.6. The van der Waals surface area contributed by atoms with Crippen LogP contribution < -0.4 is 29.6 Å². The molecule has 0 amide bonds. The zero-order valence-electron chi connectivity index (χ0n) is 11.7. The van der Waals surface area contributed by atoms with E-state index in [1.54, 1.807) is 0 Å². The van der Waals surface area contributed by atoms with Gasteiger partial charge < -0.3 is 6.53 Å². The smallest absolute Gasteiger partial charge is 1.00 e. The molecule has 1 N–H and O–H groups in total. The molecule has 0 aliphatic heterocycles. The van der Waals surface area contributed by atoms with Gasteiger partial charge in [-0.05, 0) is 6.42 Å². The summed E-state index contributed by atoms with van der Waals surface area (Å²) in [5.74, 6) is -0.659. The third kappa shape index (κ3) is 20.4. The molecule has 0 aliphatic rings. The summed E-state index contributed by atoms with van der Waals surface area (Å²) in [4.78, 5) is 10.2. The summed E-state index contributed by atoms with van der Waals surface area (Å²) in [5, 5.41) is 8.41. The van der Waals surface area contributed by atoms with Crippen LogP contribution in [-0.4, -0.2) is 11.1 Å². The van der Waals surface area contributed by atoms with Crippen LogP contribution in [0.2, 0.25) is 0 Å². The predicted octanol–water partition coefficient (Wildman–Crippen LogP) is 1.11. The normalized spacial score (nSPS) is 9.06. The first-order valence-corrected chi connectivity index (χ1v) is 5.99. The SMILES string of the molecule is CCCCCCCCCCCC(=O)O.[Cu].[H-].[Na+]. The Kier molecular flexibility index (Phi) is 25.5. The summed E-state index contributed by atoms with van der Waals surface area (Å²) in [7, 11) is 0. The quantitative estimate of drug-likeness (QED) is 0.483. The van der Waals surface area contributed by atoms with E-state index < -0.39 is 5.97 Å². The van der Waals surface area contributed by atoms with Gasteiger partial charge in [-0.3, -0.25) is 4.79 Å². The van der Waals surface area contributed by atoms with E-state index in [0.29, 0.717) is 6.42 Å². The van der Waals surface area contributed by atoms with E-state index in [-0.39, 0.29) is 48.1 Å². The number of hydrogen-bond donors (Lipinski definition) is 1. The molecule has 16 heavy (non-hydrogen) atoms. The number of hydrogen-bond acceptors (Lipinski definition) is 1. The molecule has 0 heterocycles. The van der Waals surface area contributed by atoms with Gasteiger partial charge in [-0.25, -0.2) is 0 Å². The molecule has 0 saturated carbocycles. The minimum atomic E-state index is -0.659. The first kappa shape index (κ1) is 22.2. The molecular weight excluding hydrogens is 263 g/mol. The Labute approximate surface area is 134 Å². The van der Waals surface area contributed by atoms with Gasteiger partial charge in [0.25, 0.3) is 0 Å². The molecule has 0 aromatic carbocycles. The fraction of sp³-hybridized carbons (Fsp3) is 0.917. The molecule has 0 fully saturated rings. The minimum absolute atomic E-state index is 0. The van der Waals surface area contributed by atoms with E-state index in [0.717, 1.165) is 12.8 Å². The molecular formula is C12H25CuNaO2. The molecule has 0 rings (SSSR count). The maximum absolute atomic E-state index is 10.2. The first-order chi connectivity index (χ1) is 6.77. The topological polar surface area (TPSA) is 37.3 Å². The first-order valence-electron chi connectivity index (χ1n) is 5.99. The Balaban J connectivity index is -0.000000282. The Hall–Kier alpha value is 0.989. The van der Waals surface area contributed by atoms with Gasteiger partial charge in [0, 0.05) is 23.5 Å². The van der Waals surface area contributed by atoms with Crippen molar-refractivity contribution in [1.29, 1.82) is 0 Å². The zero-order valence-corrected chi connectivity index (χ0v) is 13.7. The van der Waals surface area contributed by atoms with E-state index in [2.05, 4.69) is 6.92 Å². The van der Waals surface area contributed by atoms with Crippen LogP contribution >= 0.6 is 0 Å². The fourth-order valence-corrected chi connectivity index (χ4v) is 1.59. The number of aliphatic carboxylic acids is 1. The number of rotatable bonds is 10. The van der Waals surface area contributed by atoms with Crippen LogP contribution in [0.5, 0.6) is 0 Å². The van der Waals surface area contributed by atoms with Crippen molar-refractivity contribution in [2.75, 3.05) is 0 Å². The van der Waals surface area contributed by atoms with Crippen LogP contribution in [-0.2, 0) is 21.9 Å². The summed E-state index contributed by atoms with van der Waals surface area (Å²) < 4.78 is 0. The van der Waals surface area contributed by atoms with Crippen LogP contribution in [0.25, 0.3) is 0 Å². The number of carboxylic acid groups (broad SMARTS) is 1. The second-order valence-electron chi connectivity index (χ2n) is 3.97. The van der Waals surface area contributed by atoms with Gasteiger partial charge >= 0.3 is 35.5 Å². The van der Waals surface area contributed by atoms with Crippen molar-refractivity contribution in [2.24, 2.45) is 0 Å². The molecule has 0 spiro atoms. The Morgan fingerprint density at radius 1 is 0.938 bits per heavy atom. The molecule has 0 saturated heterocycles. The average molecular weight is 288 g/mol. The van der Waals surface area contributed by atoms with E-state index in [9.17, 15) is 4.79 Å². The molecule has 0 aromatic heterocycles. The monoisotopic (exact) mass is 287 g/mol. The summed E-state index contributed by atoms with van der Waals surface area (Å²) in [6.07, 6.45) is 11.5. The van der Waals surface area contributed by atoms with E-state index in [4.69, 9.17) is 5.11 Å². The molecule has 2 nitrogen and oxygen atoms in total. The molecule has 0 aliphatic carbocycles. The summed E-state index contributed by atoms with van der Waals surface area (Å²) >= 11 is 0. The maximum atomic E-state index is 10.2. The summed E-state index contributed by atoms with van der Waals surface area (Å²) in [6.45, 7) is 2.23. The number of carbonyl (C=O) groups is 1. The molecule has 4 heteroatoms. The van der Waals surface area contributed by atoms with Crippen LogP contribution in [0.1, 0.15) is 72.6 Å². The van der Waals surface area contributed by atoms with Crippen molar-refractivity contribution >= 4 is 5.97 Å². The largest absolute Gasteiger partial charge is 1.00 e. The molecule has 97 valence electrons.